The van der Waals surface area contributed by atoms with Crippen molar-refractivity contribution in [2.75, 3.05) is 5.73 Å². The highest BCUT2D eigenvalue weighted by molar-refractivity contribution is 7.89. The molecule has 0 amide bonds. The van der Waals surface area contributed by atoms with E-state index in [1.807, 2.05) is 19.9 Å². The van der Waals surface area contributed by atoms with Crippen molar-refractivity contribution >= 4 is 38.6 Å². The van der Waals surface area contributed by atoms with Crippen molar-refractivity contribution in [1.29, 1.82) is 0 Å². The number of thiophene rings is 1. The van der Waals surface area contributed by atoms with E-state index < -0.39 is 20.7 Å². The number of aryl methyl sites for hydroxylation is 2. The van der Waals surface area contributed by atoms with Crippen LogP contribution >= 0.6 is 22.9 Å². The predicted molar refractivity (Wildman–Crippen MR) is 83.6 cm³/mol. The Kier molecular flexibility index (Phi) is 4.57. The Morgan fingerprint density at radius 3 is 2.57 bits per heavy atom. The smallest absolute Gasteiger partial charge is 0.243 e. The number of hydrogen-bond acceptors (Lipinski definition) is 4. The summed E-state index contributed by atoms with van der Waals surface area (Å²) in [5.41, 5.74) is 6.19. The van der Waals surface area contributed by atoms with Crippen LogP contribution in [-0.2, 0) is 16.6 Å². The molecule has 0 aliphatic rings. The first-order valence-corrected chi connectivity index (χ1v) is 8.68. The van der Waals surface area contributed by atoms with Gasteiger partial charge in [0.1, 0.15) is 4.90 Å². The fourth-order valence-electron chi connectivity index (χ4n) is 1.76. The van der Waals surface area contributed by atoms with Crippen molar-refractivity contribution in [2.24, 2.45) is 0 Å². The Balaban J connectivity index is 2.27. The van der Waals surface area contributed by atoms with Gasteiger partial charge < -0.3 is 5.73 Å². The molecule has 0 fully saturated rings. The van der Waals surface area contributed by atoms with Crippen LogP contribution in [0.25, 0.3) is 0 Å². The molecule has 0 radical (unpaired) electrons. The molecule has 2 rings (SSSR count). The maximum Gasteiger partial charge on any atom is 0.243 e. The Bertz CT molecular complexity index is 768. The van der Waals surface area contributed by atoms with Crippen molar-refractivity contribution in [3.8, 4) is 0 Å². The number of benzene rings is 1. The number of halogens is 2. The highest BCUT2D eigenvalue weighted by Gasteiger charge is 2.22. The van der Waals surface area contributed by atoms with Crippen LogP contribution in [0.4, 0.5) is 10.1 Å². The molecule has 1 aromatic carbocycles. The number of anilines is 1. The fourth-order valence-corrected chi connectivity index (χ4v) is 4.27. The van der Waals surface area contributed by atoms with Crippen LogP contribution in [0, 0.1) is 19.7 Å². The van der Waals surface area contributed by atoms with Gasteiger partial charge in [-0.25, -0.2) is 17.5 Å². The van der Waals surface area contributed by atoms with Gasteiger partial charge in [-0.2, -0.15) is 0 Å². The Morgan fingerprint density at radius 2 is 2.00 bits per heavy atom. The number of nitrogens with two attached hydrogens (primary N) is 1. The largest absolute Gasteiger partial charge is 0.396 e. The van der Waals surface area contributed by atoms with E-state index in [4.69, 9.17) is 17.3 Å². The molecule has 0 unspecified atom stereocenters. The van der Waals surface area contributed by atoms with E-state index in [9.17, 15) is 12.8 Å². The molecule has 0 aliphatic heterocycles. The Labute approximate surface area is 131 Å². The van der Waals surface area contributed by atoms with E-state index in [1.165, 1.54) is 17.4 Å². The zero-order valence-electron chi connectivity index (χ0n) is 11.4. The monoisotopic (exact) mass is 348 g/mol. The molecule has 8 heteroatoms. The SMILES string of the molecule is Cc1cc(CNS(=O)(=O)c2cc(Cl)cc(N)c2F)sc1C. The summed E-state index contributed by atoms with van der Waals surface area (Å²) >= 11 is 7.22. The third-order valence-corrected chi connectivity index (χ3v) is 5.75. The molecule has 1 aromatic heterocycles. The summed E-state index contributed by atoms with van der Waals surface area (Å²) in [5.74, 6) is -0.995. The summed E-state index contributed by atoms with van der Waals surface area (Å²) in [5, 5.41) is 0.0667. The number of nitrogen functional groups attached to an aromatic ring is 1. The number of hydrogen-bond donors (Lipinski definition) is 2. The van der Waals surface area contributed by atoms with Crippen LogP contribution in [0.2, 0.25) is 5.02 Å². The predicted octanol–water partition coefficient (Wildman–Crippen LogP) is 3.22. The lowest BCUT2D eigenvalue weighted by Crippen LogP contribution is -2.24. The summed E-state index contributed by atoms with van der Waals surface area (Å²) in [4.78, 5) is 1.42. The molecule has 114 valence electrons. The molecule has 4 nitrogen and oxygen atoms in total. The summed E-state index contributed by atoms with van der Waals surface area (Å²) in [7, 11) is -4.02. The van der Waals surface area contributed by atoms with Crippen molar-refractivity contribution in [3.05, 3.63) is 44.4 Å². The van der Waals surface area contributed by atoms with Crippen molar-refractivity contribution < 1.29 is 12.8 Å². The first-order valence-electron chi connectivity index (χ1n) is 6.01. The van der Waals surface area contributed by atoms with E-state index in [-0.39, 0.29) is 17.3 Å². The van der Waals surface area contributed by atoms with E-state index in [1.54, 1.807) is 0 Å². The van der Waals surface area contributed by atoms with Gasteiger partial charge in [0.15, 0.2) is 5.82 Å². The zero-order valence-corrected chi connectivity index (χ0v) is 13.8. The van der Waals surface area contributed by atoms with Gasteiger partial charge in [0.2, 0.25) is 10.0 Å². The van der Waals surface area contributed by atoms with Crippen LogP contribution in [0.5, 0.6) is 0 Å². The molecule has 0 atom stereocenters. The normalized spacial score (nSPS) is 11.8. The standard InChI is InChI=1S/C13H14ClFN2O2S2/c1-7-3-10(20-8(7)2)6-17-21(18,19)12-5-9(14)4-11(16)13(12)15/h3-5,17H,6,16H2,1-2H3. The van der Waals surface area contributed by atoms with Crippen molar-refractivity contribution in [2.45, 2.75) is 25.3 Å². The van der Waals surface area contributed by atoms with Gasteiger partial charge >= 0.3 is 0 Å². The highest BCUT2D eigenvalue weighted by atomic mass is 35.5. The lowest BCUT2D eigenvalue weighted by atomic mass is 10.3. The van der Waals surface area contributed by atoms with Gasteiger partial charge in [0.25, 0.3) is 0 Å². The summed E-state index contributed by atoms with van der Waals surface area (Å²) < 4.78 is 40.6. The minimum atomic E-state index is -4.02. The van der Waals surface area contributed by atoms with Crippen LogP contribution in [-0.4, -0.2) is 8.42 Å². The highest BCUT2D eigenvalue weighted by Crippen LogP contribution is 2.26. The summed E-state index contributed by atoms with van der Waals surface area (Å²) in [6.45, 7) is 3.99. The molecule has 0 saturated heterocycles. The zero-order chi connectivity index (χ0) is 15.8. The number of nitrogens with one attached hydrogen (secondary N) is 1. The topological polar surface area (TPSA) is 72.2 Å². The fraction of sp³-hybridized carbons (Fsp3) is 0.231. The lowest BCUT2D eigenvalue weighted by molar-refractivity contribution is 0.559. The second-order valence-electron chi connectivity index (χ2n) is 4.58. The maximum atomic E-state index is 13.9. The minimum Gasteiger partial charge on any atom is -0.396 e. The van der Waals surface area contributed by atoms with E-state index in [0.29, 0.717) is 0 Å². The van der Waals surface area contributed by atoms with Crippen LogP contribution < -0.4 is 10.5 Å². The number of sulfonamides is 1. The van der Waals surface area contributed by atoms with E-state index >= 15 is 0 Å². The average molecular weight is 349 g/mol. The minimum absolute atomic E-state index is 0.0667. The molecule has 1 heterocycles. The second kappa shape index (κ2) is 5.92. The number of rotatable bonds is 4. The molecule has 2 aromatic rings. The van der Waals surface area contributed by atoms with Gasteiger partial charge in [-0.05, 0) is 37.6 Å². The van der Waals surface area contributed by atoms with Gasteiger partial charge in [-0.3, -0.25) is 0 Å². The first-order chi connectivity index (χ1) is 9.70. The molecule has 21 heavy (non-hydrogen) atoms. The first kappa shape index (κ1) is 16.2. The van der Waals surface area contributed by atoms with Crippen LogP contribution in [0.15, 0.2) is 23.1 Å². The molecular weight excluding hydrogens is 335 g/mol. The molecule has 0 saturated carbocycles. The van der Waals surface area contributed by atoms with E-state index in [0.717, 1.165) is 21.4 Å². The van der Waals surface area contributed by atoms with Gasteiger partial charge in [-0.1, -0.05) is 11.6 Å². The van der Waals surface area contributed by atoms with Crippen molar-refractivity contribution in [3.63, 3.8) is 0 Å². The molecule has 0 spiro atoms. The van der Waals surface area contributed by atoms with Gasteiger partial charge in [0.05, 0.1) is 5.69 Å². The maximum absolute atomic E-state index is 13.9. The quantitative estimate of drug-likeness (QED) is 0.833. The molecular formula is C13H14ClFN2O2S2. The molecule has 0 aliphatic carbocycles. The van der Waals surface area contributed by atoms with Crippen LogP contribution in [0.3, 0.4) is 0 Å². The average Bonchev–Trinajstić information content (AvgIpc) is 2.71. The van der Waals surface area contributed by atoms with Gasteiger partial charge in [-0.15, -0.1) is 11.3 Å². The van der Waals surface area contributed by atoms with E-state index in [2.05, 4.69) is 4.72 Å². The Hall–Kier alpha value is -1.15. The van der Waals surface area contributed by atoms with Gasteiger partial charge in [0, 0.05) is 21.3 Å². The van der Waals surface area contributed by atoms with Crippen LogP contribution in [0.1, 0.15) is 15.3 Å². The summed E-state index contributed by atoms with van der Waals surface area (Å²) in [6, 6.07) is 4.10. The third kappa shape index (κ3) is 3.55. The summed E-state index contributed by atoms with van der Waals surface area (Å²) in [6.07, 6.45) is 0. The lowest BCUT2D eigenvalue weighted by Gasteiger charge is -2.09. The third-order valence-electron chi connectivity index (χ3n) is 2.98. The molecule has 3 N–H and O–H groups in total. The Morgan fingerprint density at radius 1 is 1.33 bits per heavy atom. The van der Waals surface area contributed by atoms with Crippen molar-refractivity contribution in [1.82, 2.24) is 4.72 Å². The molecule has 0 bridgehead atoms. The second-order valence-corrected chi connectivity index (χ2v) is 8.10.